The first-order valence-electron chi connectivity index (χ1n) is 6.08. The Balaban J connectivity index is 1.99. The molecule has 1 aromatic carbocycles. The van der Waals surface area contributed by atoms with E-state index in [-0.39, 0.29) is 6.04 Å². The molecule has 18 heavy (non-hydrogen) atoms. The van der Waals surface area contributed by atoms with Crippen LogP contribution in [0.25, 0.3) is 0 Å². The van der Waals surface area contributed by atoms with Crippen LogP contribution >= 0.6 is 11.3 Å². The van der Waals surface area contributed by atoms with Crippen molar-refractivity contribution >= 4 is 11.3 Å². The molecule has 0 spiro atoms. The molecular weight excluding hydrogens is 242 g/mol. The van der Waals surface area contributed by atoms with E-state index in [4.69, 9.17) is 10.5 Å². The summed E-state index contributed by atoms with van der Waals surface area (Å²) in [6.45, 7) is 6.75. The van der Waals surface area contributed by atoms with Crippen molar-refractivity contribution in [1.82, 2.24) is 0 Å². The van der Waals surface area contributed by atoms with Gasteiger partial charge < -0.3 is 10.5 Å². The second-order valence-corrected chi connectivity index (χ2v) is 5.95. The van der Waals surface area contributed by atoms with Crippen LogP contribution in [0.15, 0.2) is 30.3 Å². The molecule has 1 atom stereocenters. The van der Waals surface area contributed by atoms with Crippen LogP contribution in [-0.4, -0.2) is 6.61 Å². The summed E-state index contributed by atoms with van der Waals surface area (Å²) in [5, 5.41) is 0. The maximum absolute atomic E-state index is 6.12. The van der Waals surface area contributed by atoms with Crippen LogP contribution in [0.3, 0.4) is 0 Å². The molecule has 0 aliphatic rings. The molecule has 0 saturated heterocycles. The summed E-state index contributed by atoms with van der Waals surface area (Å²) in [5.41, 5.74) is 8.53. The molecule has 0 amide bonds. The average Bonchev–Trinajstić information content (AvgIpc) is 2.74. The Morgan fingerprint density at radius 3 is 2.56 bits per heavy atom. The lowest BCUT2D eigenvalue weighted by atomic mass is 10.1. The summed E-state index contributed by atoms with van der Waals surface area (Å²) in [5.74, 6) is 0.921. The first-order chi connectivity index (χ1) is 8.56. The first-order valence-corrected chi connectivity index (χ1v) is 6.90. The van der Waals surface area contributed by atoms with Crippen molar-refractivity contribution in [2.24, 2.45) is 5.73 Å². The molecule has 0 aliphatic carbocycles. The highest BCUT2D eigenvalue weighted by Crippen LogP contribution is 2.23. The van der Waals surface area contributed by atoms with Crippen LogP contribution in [0, 0.1) is 20.8 Å². The molecule has 0 radical (unpaired) electrons. The highest BCUT2D eigenvalue weighted by atomic mass is 32.1. The van der Waals surface area contributed by atoms with Crippen molar-refractivity contribution < 1.29 is 4.74 Å². The summed E-state index contributed by atoms with van der Waals surface area (Å²) in [4.78, 5) is 2.46. The SMILES string of the molecule is Cc1ccc(OCC(N)c2ccc(C)s2)c(C)c1. The standard InChI is InChI=1S/C15H19NOS/c1-10-4-6-14(11(2)8-10)17-9-13(16)15-7-5-12(3)18-15/h4-8,13H,9,16H2,1-3H3. The Bertz CT molecular complexity index is 533. The van der Waals surface area contributed by atoms with Gasteiger partial charge in [0.25, 0.3) is 0 Å². The predicted molar refractivity (Wildman–Crippen MR) is 77.4 cm³/mol. The zero-order valence-electron chi connectivity index (χ0n) is 11.1. The molecule has 2 aromatic rings. The van der Waals surface area contributed by atoms with Crippen LogP contribution in [0.5, 0.6) is 5.75 Å². The van der Waals surface area contributed by atoms with Gasteiger partial charge in [0.05, 0.1) is 6.04 Å². The topological polar surface area (TPSA) is 35.2 Å². The van der Waals surface area contributed by atoms with Gasteiger partial charge in [-0.25, -0.2) is 0 Å². The normalized spacial score (nSPS) is 12.4. The fourth-order valence-electron chi connectivity index (χ4n) is 1.88. The van der Waals surface area contributed by atoms with E-state index in [0.717, 1.165) is 11.3 Å². The summed E-state index contributed by atoms with van der Waals surface area (Å²) in [6.07, 6.45) is 0. The molecule has 0 fully saturated rings. The molecule has 0 saturated carbocycles. The Kier molecular flexibility index (Phi) is 4.04. The number of ether oxygens (including phenoxy) is 1. The number of nitrogens with two attached hydrogens (primary N) is 1. The molecule has 2 nitrogen and oxygen atoms in total. The minimum absolute atomic E-state index is 0.0515. The first kappa shape index (κ1) is 13.1. The van der Waals surface area contributed by atoms with Crippen molar-refractivity contribution in [3.8, 4) is 5.75 Å². The van der Waals surface area contributed by atoms with Gasteiger partial charge in [0.1, 0.15) is 12.4 Å². The fourth-order valence-corrected chi connectivity index (χ4v) is 2.74. The van der Waals surface area contributed by atoms with Crippen LogP contribution < -0.4 is 10.5 Å². The van der Waals surface area contributed by atoms with Gasteiger partial charge >= 0.3 is 0 Å². The lowest BCUT2D eigenvalue weighted by molar-refractivity contribution is 0.290. The van der Waals surface area contributed by atoms with E-state index in [1.54, 1.807) is 11.3 Å². The highest BCUT2D eigenvalue weighted by Gasteiger charge is 2.10. The molecule has 2 N–H and O–H groups in total. The van der Waals surface area contributed by atoms with E-state index >= 15 is 0 Å². The predicted octanol–water partition coefficient (Wildman–Crippen LogP) is 3.75. The number of hydrogen-bond acceptors (Lipinski definition) is 3. The largest absolute Gasteiger partial charge is 0.491 e. The van der Waals surface area contributed by atoms with E-state index in [0.29, 0.717) is 6.61 Å². The van der Waals surface area contributed by atoms with Gasteiger partial charge in [-0.1, -0.05) is 17.7 Å². The van der Waals surface area contributed by atoms with E-state index in [1.807, 2.05) is 6.07 Å². The zero-order chi connectivity index (χ0) is 13.1. The van der Waals surface area contributed by atoms with E-state index in [9.17, 15) is 0 Å². The minimum atomic E-state index is -0.0515. The fraction of sp³-hybridized carbons (Fsp3) is 0.333. The van der Waals surface area contributed by atoms with E-state index < -0.39 is 0 Å². The summed E-state index contributed by atoms with van der Waals surface area (Å²) >= 11 is 1.73. The smallest absolute Gasteiger partial charge is 0.122 e. The van der Waals surface area contributed by atoms with Crippen molar-refractivity contribution in [3.05, 3.63) is 51.2 Å². The van der Waals surface area contributed by atoms with E-state index in [1.165, 1.54) is 15.3 Å². The van der Waals surface area contributed by atoms with Gasteiger partial charge in [-0.2, -0.15) is 0 Å². The molecule has 0 bridgehead atoms. The number of thiophene rings is 1. The molecule has 1 heterocycles. The van der Waals surface area contributed by atoms with Gasteiger partial charge in [-0.15, -0.1) is 11.3 Å². The maximum atomic E-state index is 6.12. The molecule has 96 valence electrons. The molecular formula is C15H19NOS. The van der Waals surface area contributed by atoms with Crippen molar-refractivity contribution in [2.45, 2.75) is 26.8 Å². The lowest BCUT2D eigenvalue weighted by Crippen LogP contribution is -2.18. The number of aryl methyl sites for hydroxylation is 3. The Hall–Kier alpha value is -1.32. The van der Waals surface area contributed by atoms with Gasteiger partial charge in [-0.05, 0) is 44.5 Å². The van der Waals surface area contributed by atoms with Crippen LogP contribution in [0.2, 0.25) is 0 Å². The Morgan fingerprint density at radius 2 is 1.94 bits per heavy atom. The van der Waals surface area contributed by atoms with Crippen molar-refractivity contribution in [3.63, 3.8) is 0 Å². The number of hydrogen-bond donors (Lipinski definition) is 1. The third-order valence-electron chi connectivity index (χ3n) is 2.88. The van der Waals surface area contributed by atoms with E-state index in [2.05, 4.69) is 45.0 Å². The van der Waals surface area contributed by atoms with Gasteiger partial charge in [0, 0.05) is 9.75 Å². The second kappa shape index (κ2) is 5.55. The summed E-state index contributed by atoms with van der Waals surface area (Å²) in [6, 6.07) is 10.3. The molecule has 1 aromatic heterocycles. The third-order valence-corrected chi connectivity index (χ3v) is 4.01. The monoisotopic (exact) mass is 261 g/mol. The minimum Gasteiger partial charge on any atom is -0.491 e. The Labute approximate surface area is 112 Å². The van der Waals surface area contributed by atoms with Crippen LogP contribution in [0.1, 0.15) is 26.9 Å². The zero-order valence-corrected chi connectivity index (χ0v) is 11.9. The molecule has 1 unspecified atom stereocenters. The molecule has 3 heteroatoms. The summed E-state index contributed by atoms with van der Waals surface area (Å²) < 4.78 is 5.80. The third kappa shape index (κ3) is 3.12. The van der Waals surface area contributed by atoms with Crippen LogP contribution in [0.4, 0.5) is 0 Å². The van der Waals surface area contributed by atoms with Gasteiger partial charge in [0.2, 0.25) is 0 Å². The molecule has 0 aliphatic heterocycles. The maximum Gasteiger partial charge on any atom is 0.122 e. The quantitative estimate of drug-likeness (QED) is 0.909. The molecule has 2 rings (SSSR count). The Morgan fingerprint density at radius 1 is 1.17 bits per heavy atom. The van der Waals surface area contributed by atoms with Gasteiger partial charge in [0.15, 0.2) is 0 Å². The average molecular weight is 261 g/mol. The van der Waals surface area contributed by atoms with Crippen LogP contribution in [-0.2, 0) is 0 Å². The highest BCUT2D eigenvalue weighted by molar-refractivity contribution is 7.12. The second-order valence-electron chi connectivity index (χ2n) is 4.63. The van der Waals surface area contributed by atoms with Gasteiger partial charge in [-0.3, -0.25) is 0 Å². The van der Waals surface area contributed by atoms with Crippen molar-refractivity contribution in [1.29, 1.82) is 0 Å². The lowest BCUT2D eigenvalue weighted by Gasteiger charge is -2.13. The van der Waals surface area contributed by atoms with Crippen molar-refractivity contribution in [2.75, 3.05) is 6.61 Å². The number of rotatable bonds is 4. The summed E-state index contributed by atoms with van der Waals surface area (Å²) in [7, 11) is 0. The number of benzene rings is 1.